The summed E-state index contributed by atoms with van der Waals surface area (Å²) in [4.78, 5) is 21.0. The number of piperazine rings is 1. The van der Waals surface area contributed by atoms with Gasteiger partial charge in [-0.05, 0) is 19.8 Å². The third-order valence-electron chi connectivity index (χ3n) is 4.93. The zero-order valence-electron chi connectivity index (χ0n) is 13.9. The minimum absolute atomic E-state index is 0.0631. The summed E-state index contributed by atoms with van der Waals surface area (Å²) in [6.07, 6.45) is 2.14. The molecule has 1 saturated carbocycles. The van der Waals surface area contributed by atoms with Crippen molar-refractivity contribution in [2.24, 2.45) is 5.92 Å². The topological polar surface area (TPSA) is 62.5 Å². The van der Waals surface area contributed by atoms with Gasteiger partial charge in [0.15, 0.2) is 0 Å². The number of rotatable bonds is 4. The molecule has 0 unspecified atom stereocenters. The van der Waals surface area contributed by atoms with Gasteiger partial charge in [0, 0.05) is 37.7 Å². The zero-order valence-corrected chi connectivity index (χ0v) is 13.9. The molecule has 0 N–H and O–H groups in total. The van der Waals surface area contributed by atoms with Gasteiger partial charge in [-0.2, -0.15) is 4.98 Å². The molecule has 126 valence electrons. The molecule has 0 spiro atoms. The number of hydrogen-bond acceptors (Lipinski definition) is 5. The highest BCUT2D eigenvalue weighted by molar-refractivity contribution is 5.81. The Kier molecular flexibility index (Phi) is 4.06. The van der Waals surface area contributed by atoms with Crippen LogP contribution in [0.1, 0.15) is 31.7 Å². The second-order valence-electron chi connectivity index (χ2n) is 6.63. The van der Waals surface area contributed by atoms with Crippen LogP contribution in [0.15, 0.2) is 34.9 Å². The number of amides is 1. The lowest BCUT2D eigenvalue weighted by Crippen LogP contribution is -2.49. The highest BCUT2D eigenvalue weighted by Gasteiger charge is 2.35. The number of nitrogens with zero attached hydrogens (tertiary/aromatic N) is 4. The Morgan fingerprint density at radius 1 is 1.17 bits per heavy atom. The van der Waals surface area contributed by atoms with E-state index in [1.54, 1.807) is 0 Å². The molecule has 1 aliphatic carbocycles. The van der Waals surface area contributed by atoms with E-state index in [0.29, 0.717) is 23.5 Å². The van der Waals surface area contributed by atoms with Crippen LogP contribution in [0, 0.1) is 5.92 Å². The minimum Gasteiger partial charge on any atom is -0.340 e. The van der Waals surface area contributed by atoms with E-state index in [1.807, 2.05) is 35.2 Å². The molecule has 1 aromatic carbocycles. The molecular weight excluding hydrogens is 304 g/mol. The Hall–Kier alpha value is -2.21. The number of carbonyl (C=O) groups is 1. The highest BCUT2D eigenvalue weighted by Crippen LogP contribution is 2.32. The Labute approximate surface area is 141 Å². The van der Waals surface area contributed by atoms with Crippen LogP contribution >= 0.6 is 0 Å². The monoisotopic (exact) mass is 326 g/mol. The predicted octanol–water partition coefficient (Wildman–Crippen LogP) is 2.35. The van der Waals surface area contributed by atoms with Crippen LogP contribution in [0.25, 0.3) is 11.4 Å². The summed E-state index contributed by atoms with van der Waals surface area (Å²) in [6, 6.07) is 9.90. The van der Waals surface area contributed by atoms with E-state index < -0.39 is 0 Å². The molecule has 2 aliphatic rings. The fourth-order valence-electron chi connectivity index (χ4n) is 3.18. The van der Waals surface area contributed by atoms with Crippen molar-refractivity contribution >= 4 is 5.91 Å². The summed E-state index contributed by atoms with van der Waals surface area (Å²) in [6.45, 7) is 5.37. The molecule has 6 heteroatoms. The summed E-state index contributed by atoms with van der Waals surface area (Å²) in [5.41, 5.74) is 0.958. The second kappa shape index (κ2) is 6.36. The smallest absolute Gasteiger partial charge is 0.244 e. The van der Waals surface area contributed by atoms with E-state index in [0.717, 1.165) is 44.6 Å². The van der Waals surface area contributed by atoms with E-state index in [1.165, 1.54) is 0 Å². The van der Waals surface area contributed by atoms with Gasteiger partial charge in [0.2, 0.25) is 17.6 Å². The fraction of sp³-hybridized carbons (Fsp3) is 0.500. The molecule has 2 heterocycles. The largest absolute Gasteiger partial charge is 0.340 e. The van der Waals surface area contributed by atoms with Gasteiger partial charge in [0.1, 0.15) is 0 Å². The van der Waals surface area contributed by atoms with Gasteiger partial charge in [0.25, 0.3) is 0 Å². The molecule has 2 fully saturated rings. The van der Waals surface area contributed by atoms with Crippen molar-refractivity contribution in [3.05, 3.63) is 36.2 Å². The molecule has 24 heavy (non-hydrogen) atoms. The predicted molar refractivity (Wildman–Crippen MR) is 89.0 cm³/mol. The summed E-state index contributed by atoms with van der Waals surface area (Å²) < 4.78 is 5.47. The van der Waals surface area contributed by atoms with Gasteiger partial charge in [-0.15, -0.1) is 0 Å². The van der Waals surface area contributed by atoms with Crippen molar-refractivity contribution in [1.82, 2.24) is 19.9 Å². The van der Waals surface area contributed by atoms with Gasteiger partial charge in [0.05, 0.1) is 6.04 Å². The second-order valence-corrected chi connectivity index (χ2v) is 6.63. The van der Waals surface area contributed by atoms with Crippen LogP contribution in [0.2, 0.25) is 0 Å². The minimum atomic E-state index is 0.0631. The SMILES string of the molecule is C[C@H](c1nc(-c2ccccc2)no1)N1CCN(C(=O)C2CC2)CC1. The average Bonchev–Trinajstić information content (AvgIpc) is 3.38. The molecule has 2 aromatic rings. The summed E-state index contributed by atoms with van der Waals surface area (Å²) in [7, 11) is 0. The fourth-order valence-corrected chi connectivity index (χ4v) is 3.18. The van der Waals surface area contributed by atoms with Crippen LogP contribution in [0.4, 0.5) is 0 Å². The lowest BCUT2D eigenvalue weighted by molar-refractivity contribution is -0.134. The van der Waals surface area contributed by atoms with E-state index >= 15 is 0 Å². The first kappa shape index (κ1) is 15.3. The quantitative estimate of drug-likeness (QED) is 0.863. The average molecular weight is 326 g/mol. The molecule has 0 bridgehead atoms. The Bertz CT molecular complexity index is 703. The van der Waals surface area contributed by atoms with Gasteiger partial charge < -0.3 is 9.42 Å². The number of carbonyl (C=O) groups excluding carboxylic acids is 1. The van der Waals surface area contributed by atoms with E-state index in [2.05, 4.69) is 22.0 Å². The van der Waals surface area contributed by atoms with Gasteiger partial charge in [-0.1, -0.05) is 35.5 Å². The normalized spacial score (nSPS) is 20.1. The highest BCUT2D eigenvalue weighted by atomic mass is 16.5. The Morgan fingerprint density at radius 2 is 1.88 bits per heavy atom. The number of aromatic nitrogens is 2. The van der Waals surface area contributed by atoms with Gasteiger partial charge in [-0.25, -0.2) is 0 Å². The summed E-state index contributed by atoms with van der Waals surface area (Å²) in [5, 5.41) is 4.10. The van der Waals surface area contributed by atoms with Crippen LogP contribution in [-0.2, 0) is 4.79 Å². The van der Waals surface area contributed by atoms with Crippen molar-refractivity contribution in [1.29, 1.82) is 0 Å². The molecular formula is C18H22N4O2. The first-order chi connectivity index (χ1) is 11.7. The van der Waals surface area contributed by atoms with Crippen molar-refractivity contribution in [2.75, 3.05) is 26.2 Å². The van der Waals surface area contributed by atoms with Crippen molar-refractivity contribution in [2.45, 2.75) is 25.8 Å². The van der Waals surface area contributed by atoms with Crippen LogP contribution in [0.5, 0.6) is 0 Å². The number of hydrogen-bond donors (Lipinski definition) is 0. The maximum atomic E-state index is 12.1. The molecule has 0 radical (unpaired) electrons. The van der Waals surface area contributed by atoms with Crippen molar-refractivity contribution < 1.29 is 9.32 Å². The molecule has 1 aliphatic heterocycles. The number of benzene rings is 1. The Morgan fingerprint density at radius 3 is 2.54 bits per heavy atom. The Balaban J connectivity index is 1.39. The summed E-state index contributed by atoms with van der Waals surface area (Å²) >= 11 is 0. The standard InChI is InChI=1S/C18H22N4O2/c1-13(17-19-16(20-24-17)14-5-3-2-4-6-14)21-9-11-22(12-10-21)18(23)15-7-8-15/h2-6,13,15H,7-12H2,1H3/t13-/m1/s1. The van der Waals surface area contributed by atoms with Crippen LogP contribution < -0.4 is 0 Å². The zero-order chi connectivity index (χ0) is 16.5. The molecule has 4 rings (SSSR count). The maximum absolute atomic E-state index is 12.1. The molecule has 6 nitrogen and oxygen atoms in total. The molecule has 1 atom stereocenters. The van der Waals surface area contributed by atoms with Gasteiger partial charge >= 0.3 is 0 Å². The van der Waals surface area contributed by atoms with E-state index in [4.69, 9.17) is 4.52 Å². The molecule has 1 amide bonds. The van der Waals surface area contributed by atoms with E-state index in [9.17, 15) is 4.79 Å². The van der Waals surface area contributed by atoms with E-state index in [-0.39, 0.29) is 6.04 Å². The molecule has 1 saturated heterocycles. The van der Waals surface area contributed by atoms with Crippen molar-refractivity contribution in [3.63, 3.8) is 0 Å². The van der Waals surface area contributed by atoms with Crippen LogP contribution in [0.3, 0.4) is 0 Å². The maximum Gasteiger partial charge on any atom is 0.244 e. The third-order valence-corrected chi connectivity index (χ3v) is 4.93. The van der Waals surface area contributed by atoms with Crippen molar-refractivity contribution in [3.8, 4) is 11.4 Å². The van der Waals surface area contributed by atoms with Crippen LogP contribution in [-0.4, -0.2) is 52.0 Å². The first-order valence-electron chi connectivity index (χ1n) is 8.64. The third kappa shape index (κ3) is 3.06. The summed E-state index contributed by atoms with van der Waals surface area (Å²) in [5.74, 6) is 1.90. The lowest BCUT2D eigenvalue weighted by atomic mass is 10.2. The van der Waals surface area contributed by atoms with Gasteiger partial charge in [-0.3, -0.25) is 9.69 Å². The molecule has 1 aromatic heterocycles. The first-order valence-corrected chi connectivity index (χ1v) is 8.64. The lowest BCUT2D eigenvalue weighted by Gasteiger charge is -2.36.